The molecule has 0 aliphatic carbocycles. The molecule has 0 spiro atoms. The van der Waals surface area contributed by atoms with Gasteiger partial charge < -0.3 is 35.2 Å². The van der Waals surface area contributed by atoms with E-state index in [1.807, 2.05) is 80.6 Å². The van der Waals surface area contributed by atoms with Crippen LogP contribution in [0.2, 0.25) is 0 Å². The molecule has 4 aromatic carbocycles. The van der Waals surface area contributed by atoms with Crippen LogP contribution in [0.5, 0.6) is 0 Å². The largest absolute Gasteiger partial charge is 0.418 e. The molecule has 66 heavy (non-hydrogen) atoms. The number of amides is 2. The molecule has 5 aromatic rings. The Morgan fingerprint density at radius 1 is 0.697 bits per heavy atom. The molecule has 8 unspecified atom stereocenters. The molecule has 1 aromatic heterocycles. The summed E-state index contributed by atoms with van der Waals surface area (Å²) in [5.74, 6) is -0.265. The van der Waals surface area contributed by atoms with Gasteiger partial charge in [-0.05, 0) is 70.5 Å². The number of oxazole rings is 1. The predicted molar refractivity (Wildman–Crippen MR) is 251 cm³/mol. The average molecular weight is 878 g/mol. The van der Waals surface area contributed by atoms with E-state index in [1.165, 1.54) is 0 Å². The van der Waals surface area contributed by atoms with Crippen LogP contribution in [0.25, 0.3) is 33.4 Å². The Hall–Kier alpha value is -6.41. The predicted octanol–water partition coefficient (Wildman–Crippen LogP) is 3.44. The topological polar surface area (TPSA) is 207 Å². The molecular weight excluding hydrogens is 829 g/mol. The fourth-order valence-electron chi connectivity index (χ4n) is 8.89. The normalized spacial score (nSPS) is 22.4. The molecule has 2 amide bonds. The number of nitrogens with zero attached hydrogens (tertiary/aromatic N) is 4. The number of carbonyl (C=O) groups is 2. The number of benzene rings is 4. The summed E-state index contributed by atoms with van der Waals surface area (Å²) < 4.78 is 17.0. The van der Waals surface area contributed by atoms with Crippen molar-refractivity contribution >= 4 is 46.5 Å². The molecule has 0 bridgehead atoms. The monoisotopic (exact) mass is 878 g/mol. The number of aromatic nitrogens is 1. The van der Waals surface area contributed by atoms with Crippen molar-refractivity contribution in [1.82, 2.24) is 25.8 Å². The van der Waals surface area contributed by atoms with Crippen LogP contribution in [0.3, 0.4) is 0 Å². The fraction of sp³-hybridized carbons (Fsp3) is 0.388. The third kappa shape index (κ3) is 11.2. The molecule has 9 rings (SSSR count). The summed E-state index contributed by atoms with van der Waals surface area (Å²) in [6.45, 7) is 6.66. The zero-order valence-electron chi connectivity index (χ0n) is 36.9. The molecule has 14 nitrogen and oxygen atoms in total. The van der Waals surface area contributed by atoms with Crippen LogP contribution in [0.1, 0.15) is 43.4 Å². The number of ether oxygens (including phenoxy) is 2. The first-order valence-electron chi connectivity index (χ1n) is 22.2. The van der Waals surface area contributed by atoms with Gasteiger partial charge in [-0.3, -0.25) is 14.2 Å². The van der Waals surface area contributed by atoms with Gasteiger partial charge in [0.05, 0.1) is 91.3 Å². The maximum absolute atomic E-state index is 12.7. The molecule has 4 aliphatic heterocycles. The summed E-state index contributed by atoms with van der Waals surface area (Å²) in [6, 6.07) is 33.3. The molecule has 4 fully saturated rings. The molecular formula is C49H49B3N8O6. The van der Waals surface area contributed by atoms with Gasteiger partial charge in [-0.25, -0.2) is 4.79 Å². The van der Waals surface area contributed by atoms with Crippen molar-refractivity contribution in [2.75, 3.05) is 26.4 Å². The lowest BCUT2D eigenvalue weighted by molar-refractivity contribution is -0.124. The third-order valence-corrected chi connectivity index (χ3v) is 12.3. The van der Waals surface area contributed by atoms with E-state index in [0.29, 0.717) is 67.8 Å². The highest BCUT2D eigenvalue weighted by Gasteiger charge is 2.42. The molecule has 4 aliphatic rings. The summed E-state index contributed by atoms with van der Waals surface area (Å²) in [5, 5.41) is 38.4. The number of rotatable bonds is 11. The summed E-state index contributed by atoms with van der Waals surface area (Å²) >= 11 is 0. The van der Waals surface area contributed by atoms with E-state index in [9.17, 15) is 24.9 Å². The van der Waals surface area contributed by atoms with Crippen LogP contribution in [0.15, 0.2) is 100 Å². The second-order valence-electron chi connectivity index (χ2n) is 16.9. The smallest absolute Gasteiger partial charge is 0.408 e. The average Bonchev–Trinajstić information content (AvgIpc) is 4.17. The highest BCUT2D eigenvalue weighted by atomic mass is 16.5. The Morgan fingerprint density at radius 3 is 1.56 bits per heavy atom. The first-order valence-corrected chi connectivity index (χ1v) is 22.2. The molecule has 4 N–H and O–H groups in total. The lowest BCUT2D eigenvalue weighted by Crippen LogP contribution is -2.47. The van der Waals surface area contributed by atoms with Gasteiger partial charge in [0, 0.05) is 36.8 Å². The maximum Gasteiger partial charge on any atom is 0.418 e. The van der Waals surface area contributed by atoms with Crippen LogP contribution in [-0.4, -0.2) is 103 Å². The van der Waals surface area contributed by atoms with Crippen LogP contribution >= 0.6 is 0 Å². The van der Waals surface area contributed by atoms with Crippen molar-refractivity contribution in [2.24, 2.45) is 11.8 Å². The lowest BCUT2D eigenvalue weighted by Gasteiger charge is -2.21. The molecule has 17 heteroatoms. The van der Waals surface area contributed by atoms with E-state index < -0.39 is 23.1 Å². The van der Waals surface area contributed by atoms with Crippen LogP contribution < -0.4 is 27.0 Å². The van der Waals surface area contributed by atoms with Crippen molar-refractivity contribution in [1.29, 1.82) is 15.8 Å². The zero-order chi connectivity index (χ0) is 47.0. The Kier molecular flexibility index (Phi) is 15.3. The first kappa shape index (κ1) is 47.6. The van der Waals surface area contributed by atoms with E-state index in [4.69, 9.17) is 42.7 Å². The van der Waals surface area contributed by atoms with E-state index >= 15 is 0 Å². The number of hydrogen-bond acceptors (Lipinski definition) is 11. The second-order valence-corrected chi connectivity index (χ2v) is 16.9. The lowest BCUT2D eigenvalue weighted by atomic mass is 9.49. The van der Waals surface area contributed by atoms with Crippen molar-refractivity contribution < 1.29 is 23.5 Å². The van der Waals surface area contributed by atoms with Crippen molar-refractivity contribution in [3.05, 3.63) is 118 Å². The first-order chi connectivity index (χ1) is 31.9. The van der Waals surface area contributed by atoms with Crippen LogP contribution in [0.4, 0.5) is 0 Å². The molecule has 4 saturated heterocycles. The summed E-state index contributed by atoms with van der Waals surface area (Å²) in [4.78, 5) is 37.3. The highest BCUT2D eigenvalue weighted by Crippen LogP contribution is 2.29. The van der Waals surface area contributed by atoms with Gasteiger partial charge in [0.25, 0.3) is 0 Å². The quantitative estimate of drug-likeness (QED) is 0.142. The van der Waals surface area contributed by atoms with Gasteiger partial charge in [-0.1, -0.05) is 85.8 Å². The number of hydrogen-bond donors (Lipinski definition) is 4. The summed E-state index contributed by atoms with van der Waals surface area (Å²) in [7, 11) is 17.2. The Morgan fingerprint density at radius 2 is 1.14 bits per heavy atom. The second kappa shape index (κ2) is 21.3. The number of nitrogens with one attached hydrogen (secondary N) is 4. The minimum atomic E-state index is -1.90. The van der Waals surface area contributed by atoms with Crippen molar-refractivity contribution in [2.45, 2.75) is 81.0 Å². The fourth-order valence-corrected chi connectivity index (χ4v) is 8.89. The van der Waals surface area contributed by atoms with E-state index in [2.05, 4.69) is 39.5 Å². The molecule has 5 heterocycles. The Labute approximate surface area is 388 Å². The molecule has 6 radical (unpaired) electrons. The van der Waals surface area contributed by atoms with Gasteiger partial charge >= 0.3 is 5.76 Å². The third-order valence-electron chi connectivity index (χ3n) is 12.3. The summed E-state index contributed by atoms with van der Waals surface area (Å²) in [5.41, 5.74) is 6.96. The number of nitriles is 3. The van der Waals surface area contributed by atoms with Crippen LogP contribution in [-0.2, 0) is 37.1 Å². The Balaban J connectivity index is 0.000000192. The van der Waals surface area contributed by atoms with E-state index in [0.717, 1.165) is 50.8 Å². The van der Waals surface area contributed by atoms with Gasteiger partial charge in [-0.2, -0.15) is 15.8 Å². The van der Waals surface area contributed by atoms with E-state index in [1.54, 1.807) is 24.3 Å². The Bertz CT molecular complexity index is 2660. The van der Waals surface area contributed by atoms with Gasteiger partial charge in [0.2, 0.25) is 11.8 Å². The van der Waals surface area contributed by atoms with Crippen molar-refractivity contribution in [3.8, 4) is 40.5 Å². The molecule has 0 saturated carbocycles. The minimum absolute atomic E-state index is 0.111. The maximum atomic E-state index is 12.7. The molecule has 8 atom stereocenters. The van der Waals surface area contributed by atoms with Gasteiger partial charge in [-0.15, -0.1) is 0 Å². The van der Waals surface area contributed by atoms with Crippen LogP contribution in [0, 0.1) is 45.8 Å². The zero-order valence-corrected chi connectivity index (χ0v) is 36.9. The van der Waals surface area contributed by atoms with E-state index in [-0.39, 0.29) is 36.0 Å². The molecule has 330 valence electrons. The number of carbonyl (C=O) groups excluding carboxylic acids is 2. The highest BCUT2D eigenvalue weighted by molar-refractivity contribution is 6.56. The SMILES string of the molecule is CC.N#Cc1ccc(-c2ccc(CC(C#N)NC(=O)C3CC4COCC4N3)cc2)cc1.[B]C([B])([B])n1c(=O)oc2ccc(-c3ccc(CC(C#N)NC(=O)C4CC5COCC5N4)cc3)cc21. The standard InChI is InChI=1S/C24H21B3N4O4.C23H22N4O2.C2H6/c25-24(26,27)31-20-9-15(5-6-21(20)35-23(31)33)14-3-1-13(2-4-14)7-17(10-28)29-22(32)18-8-16-11-34-12-19(16)30-18;24-11-16-3-7-18(8-4-16)17-5-1-15(2-6-17)9-20(12-25)26-23(28)21-10-19-13-29-14-22(19)27-21;1-2/h1-6,9,16-19,30H,7-8,11-12H2,(H,29,32);1-8,19-22,27H,9-10,13-14H2,(H,26,28);1-2H3. The minimum Gasteiger partial charge on any atom is -0.408 e. The van der Waals surface area contributed by atoms with Crippen molar-refractivity contribution in [3.63, 3.8) is 0 Å². The van der Waals surface area contributed by atoms with Gasteiger partial charge in [0.1, 0.15) is 12.1 Å². The summed E-state index contributed by atoms with van der Waals surface area (Å²) in [6.07, 6.45) is 2.31. The van der Waals surface area contributed by atoms with Gasteiger partial charge in [0.15, 0.2) is 5.58 Å². The number of fused-ring (bicyclic) bond motifs is 3.